The molecule has 442 valence electrons. The van der Waals surface area contributed by atoms with Crippen LogP contribution in [-0.4, -0.2) is 69.4 Å². The smallest absolute Gasteiger partial charge is 0.306 e. The molecule has 3 atom stereocenters. The quantitative estimate of drug-likeness (QED) is 0.0212. The zero-order chi connectivity index (χ0) is 55.7. The number of carbonyl (C=O) groups is 2. The van der Waals surface area contributed by atoms with E-state index in [-0.39, 0.29) is 24.9 Å². The number of quaternary nitrogens is 1. The summed E-state index contributed by atoms with van der Waals surface area (Å²) in [6, 6.07) is -0.899. The Hall–Kier alpha value is -2.55. The molecule has 0 saturated heterocycles. The maximum absolute atomic E-state index is 13.5. The summed E-state index contributed by atoms with van der Waals surface area (Å²) in [4.78, 5) is 39.9. The number of unbranched alkanes of at least 4 members (excludes halogenated alkanes) is 31. The molecule has 0 saturated carbocycles. The van der Waals surface area contributed by atoms with Crippen LogP contribution in [0.15, 0.2) is 72.9 Å². The number of nitrogens with one attached hydrogen (secondary N) is 1. The van der Waals surface area contributed by atoms with Crippen LogP contribution >= 0.6 is 7.82 Å². The van der Waals surface area contributed by atoms with Crippen molar-refractivity contribution in [3.05, 3.63) is 72.9 Å². The Morgan fingerprint density at radius 1 is 0.474 bits per heavy atom. The molecule has 0 spiro atoms. The Bertz CT molecular complexity index is 1530. The third-order valence-electron chi connectivity index (χ3n) is 13.9. The number of esters is 1. The number of nitrogens with zero attached hydrogens (tertiary/aromatic N) is 1. The summed E-state index contributed by atoms with van der Waals surface area (Å²) in [5, 5.41) is 3.02. The number of hydrogen-bond acceptors (Lipinski definition) is 7. The molecule has 1 amide bonds. The van der Waals surface area contributed by atoms with Crippen LogP contribution in [0, 0.1) is 0 Å². The highest BCUT2D eigenvalue weighted by atomic mass is 31.2. The van der Waals surface area contributed by atoms with Gasteiger partial charge in [-0.2, -0.15) is 0 Å². The standard InChI is InChI=1S/C66H121N2O7P/c1-7-10-13-16-19-22-25-27-29-30-31-32-33-34-35-36-37-38-39-40-43-46-49-52-55-58-65(69)67-63(62-74-76(71,72)73-61-60-68(4,5)6)64(57-54-51-48-45-42-24-21-18-15-12-9-3)75-66(70)59-56-53-50-47-44-41-28-26-23-20-17-14-11-8-2/h11,14,19-20,22-23,27-29,41,54,57,63-64H,7-10,12-13,15-18,21,24-26,30-40,42-53,55-56,58-62H2,1-6H3,(H-,67,69,71,72)/b14-11+,22-19-,23-20+,29-27-,41-28+,57-54-. The molecular formula is C66H121N2O7P. The number of allylic oxidation sites excluding steroid dienone is 11. The Balaban J connectivity index is 5.08. The predicted molar refractivity (Wildman–Crippen MR) is 325 cm³/mol. The van der Waals surface area contributed by atoms with Crippen LogP contribution in [0.1, 0.15) is 284 Å². The van der Waals surface area contributed by atoms with Gasteiger partial charge >= 0.3 is 5.97 Å². The summed E-state index contributed by atoms with van der Waals surface area (Å²) < 4.78 is 30.3. The fourth-order valence-corrected chi connectivity index (χ4v) is 9.70. The number of rotatable bonds is 57. The van der Waals surface area contributed by atoms with Crippen LogP contribution in [0.2, 0.25) is 0 Å². The molecule has 0 aromatic carbocycles. The van der Waals surface area contributed by atoms with Gasteiger partial charge < -0.3 is 28.5 Å². The number of likely N-dealkylation sites (N-methyl/N-ethyl adjacent to an activating group) is 1. The van der Waals surface area contributed by atoms with Crippen LogP contribution in [0.3, 0.4) is 0 Å². The van der Waals surface area contributed by atoms with Crippen molar-refractivity contribution in [3.63, 3.8) is 0 Å². The van der Waals surface area contributed by atoms with Gasteiger partial charge in [-0.05, 0) is 96.0 Å². The van der Waals surface area contributed by atoms with Gasteiger partial charge in [0.25, 0.3) is 7.82 Å². The molecule has 0 aliphatic heterocycles. The van der Waals surface area contributed by atoms with Crippen molar-refractivity contribution < 1.29 is 37.3 Å². The Labute approximate surface area is 470 Å². The van der Waals surface area contributed by atoms with Gasteiger partial charge in [0.2, 0.25) is 5.91 Å². The summed E-state index contributed by atoms with van der Waals surface area (Å²) in [7, 11) is 1.17. The Morgan fingerprint density at radius 3 is 1.29 bits per heavy atom. The fourth-order valence-electron chi connectivity index (χ4n) is 8.98. The molecule has 3 unspecified atom stereocenters. The number of carbonyl (C=O) groups excluding carboxylic acids is 2. The van der Waals surface area contributed by atoms with E-state index in [1.807, 2.05) is 33.3 Å². The van der Waals surface area contributed by atoms with Gasteiger partial charge in [0.15, 0.2) is 0 Å². The number of hydrogen-bond donors (Lipinski definition) is 1. The second-order valence-electron chi connectivity index (χ2n) is 22.5. The first-order valence-corrected chi connectivity index (χ1v) is 33.2. The van der Waals surface area contributed by atoms with E-state index < -0.39 is 26.6 Å². The molecule has 0 aliphatic carbocycles. The number of amides is 1. The van der Waals surface area contributed by atoms with Gasteiger partial charge in [-0.25, -0.2) is 0 Å². The maximum atomic E-state index is 13.5. The van der Waals surface area contributed by atoms with Crippen molar-refractivity contribution in [3.8, 4) is 0 Å². The zero-order valence-corrected chi connectivity index (χ0v) is 51.3. The van der Waals surface area contributed by atoms with Gasteiger partial charge in [0, 0.05) is 12.8 Å². The number of ether oxygens (including phenoxy) is 1. The molecule has 1 N–H and O–H groups in total. The average molecular weight is 1090 g/mol. The monoisotopic (exact) mass is 1080 g/mol. The first-order valence-electron chi connectivity index (χ1n) is 31.7. The van der Waals surface area contributed by atoms with E-state index >= 15 is 0 Å². The minimum Gasteiger partial charge on any atom is -0.756 e. The summed E-state index contributed by atoms with van der Waals surface area (Å²) in [6.45, 7) is 6.69. The molecule has 0 aromatic rings. The SMILES string of the molecule is CC/C=C/C/C=C/C/C=C/CCCCCCC(=O)OC(/C=C\CCCCCCCCCCC)C(COP(=O)([O-])OCC[N+](C)(C)C)NC(=O)CCCCCCCCCCCCCCCCC/C=C\C/C=C\CCCCC. The van der Waals surface area contributed by atoms with E-state index in [2.05, 4.69) is 86.8 Å². The number of phosphoric ester groups is 1. The molecule has 0 bridgehead atoms. The summed E-state index contributed by atoms with van der Waals surface area (Å²) in [5.74, 6) is -0.564. The minimum absolute atomic E-state index is 0.0276. The van der Waals surface area contributed by atoms with E-state index in [0.717, 1.165) is 89.9 Å². The Kier molecular flexibility index (Phi) is 53.9. The van der Waals surface area contributed by atoms with E-state index in [4.69, 9.17) is 13.8 Å². The molecular weight excluding hydrogens is 964 g/mol. The molecule has 0 rings (SSSR count). The molecule has 0 fully saturated rings. The topological polar surface area (TPSA) is 114 Å². The highest BCUT2D eigenvalue weighted by Crippen LogP contribution is 2.38. The van der Waals surface area contributed by atoms with Crippen LogP contribution < -0.4 is 10.2 Å². The summed E-state index contributed by atoms with van der Waals surface area (Å²) in [6.07, 6.45) is 71.7. The molecule has 0 aliphatic rings. The van der Waals surface area contributed by atoms with Gasteiger partial charge in [-0.3, -0.25) is 14.2 Å². The predicted octanol–water partition coefficient (Wildman–Crippen LogP) is 19.0. The molecule has 0 aromatic heterocycles. The second-order valence-corrected chi connectivity index (χ2v) is 23.9. The van der Waals surface area contributed by atoms with Crippen molar-refractivity contribution in [2.45, 2.75) is 296 Å². The molecule has 9 nitrogen and oxygen atoms in total. The lowest BCUT2D eigenvalue weighted by molar-refractivity contribution is -0.870. The highest BCUT2D eigenvalue weighted by molar-refractivity contribution is 7.45. The first-order chi connectivity index (χ1) is 36.9. The van der Waals surface area contributed by atoms with Crippen LogP contribution in [-0.2, 0) is 27.9 Å². The highest BCUT2D eigenvalue weighted by Gasteiger charge is 2.27. The van der Waals surface area contributed by atoms with E-state index in [0.29, 0.717) is 23.9 Å². The van der Waals surface area contributed by atoms with Crippen molar-refractivity contribution >= 4 is 19.7 Å². The van der Waals surface area contributed by atoms with Crippen molar-refractivity contribution in [1.29, 1.82) is 0 Å². The van der Waals surface area contributed by atoms with Crippen LogP contribution in [0.5, 0.6) is 0 Å². The first kappa shape index (κ1) is 73.5. The zero-order valence-electron chi connectivity index (χ0n) is 50.4. The van der Waals surface area contributed by atoms with Gasteiger partial charge in [-0.15, -0.1) is 0 Å². The third kappa shape index (κ3) is 56.2. The van der Waals surface area contributed by atoms with Gasteiger partial charge in [-0.1, -0.05) is 248 Å². The van der Waals surface area contributed by atoms with E-state index in [1.165, 1.54) is 154 Å². The molecule has 10 heteroatoms. The number of phosphoric acid groups is 1. The van der Waals surface area contributed by atoms with E-state index in [9.17, 15) is 19.0 Å². The summed E-state index contributed by atoms with van der Waals surface area (Å²) in [5.41, 5.74) is 0. The fraction of sp³-hybridized carbons (Fsp3) is 0.788. The van der Waals surface area contributed by atoms with Crippen LogP contribution in [0.25, 0.3) is 0 Å². The molecule has 0 heterocycles. The lowest BCUT2D eigenvalue weighted by atomic mass is 10.0. The lowest BCUT2D eigenvalue weighted by Crippen LogP contribution is -2.47. The van der Waals surface area contributed by atoms with Crippen molar-refractivity contribution in [2.24, 2.45) is 0 Å². The second kappa shape index (κ2) is 55.8. The van der Waals surface area contributed by atoms with Gasteiger partial charge in [0.05, 0.1) is 33.8 Å². The lowest BCUT2D eigenvalue weighted by Gasteiger charge is -2.30. The van der Waals surface area contributed by atoms with Crippen molar-refractivity contribution in [2.75, 3.05) is 40.9 Å². The van der Waals surface area contributed by atoms with E-state index in [1.54, 1.807) is 0 Å². The maximum Gasteiger partial charge on any atom is 0.306 e. The third-order valence-corrected chi connectivity index (χ3v) is 14.8. The normalized spacial score (nSPS) is 14.1. The average Bonchev–Trinajstić information content (AvgIpc) is 3.38. The molecule has 76 heavy (non-hydrogen) atoms. The van der Waals surface area contributed by atoms with Gasteiger partial charge in [0.1, 0.15) is 19.3 Å². The van der Waals surface area contributed by atoms with Crippen LogP contribution in [0.4, 0.5) is 0 Å². The largest absolute Gasteiger partial charge is 0.756 e. The summed E-state index contributed by atoms with van der Waals surface area (Å²) >= 11 is 0. The minimum atomic E-state index is -4.70. The van der Waals surface area contributed by atoms with Crippen molar-refractivity contribution in [1.82, 2.24) is 5.32 Å². The molecule has 0 radical (unpaired) electrons. The Morgan fingerprint density at radius 2 is 0.842 bits per heavy atom.